The Morgan fingerprint density at radius 3 is 2.76 bits per heavy atom. The molecule has 5 heteroatoms. The van der Waals surface area contributed by atoms with Gasteiger partial charge in [-0.25, -0.2) is 0 Å². The lowest BCUT2D eigenvalue weighted by Crippen LogP contribution is -2.25. The molecule has 0 aliphatic heterocycles. The van der Waals surface area contributed by atoms with E-state index >= 15 is 0 Å². The van der Waals surface area contributed by atoms with Crippen LogP contribution in [0.2, 0.25) is 0 Å². The molecule has 0 aliphatic rings. The molecule has 1 aromatic carbocycles. The van der Waals surface area contributed by atoms with Crippen LogP contribution in [-0.4, -0.2) is 24.7 Å². The molecule has 0 aliphatic carbocycles. The van der Waals surface area contributed by atoms with Crippen molar-refractivity contribution in [2.75, 3.05) is 13.7 Å². The molecule has 1 amide bonds. The number of ether oxygens (including phenoxy) is 1. The standard InChI is InChI=1S/C16H19NO3S/c1-11-10-14(20-2)15(21-11)16(19)17-9-8-13(18)12-6-4-3-5-7-12/h3-7,10,13,18H,8-9H2,1-2H3,(H,17,19). The molecule has 0 bridgehead atoms. The minimum absolute atomic E-state index is 0.162. The Balaban J connectivity index is 1.87. The highest BCUT2D eigenvalue weighted by Gasteiger charge is 2.16. The molecule has 112 valence electrons. The van der Waals surface area contributed by atoms with E-state index in [4.69, 9.17) is 4.74 Å². The fourth-order valence-corrected chi connectivity index (χ4v) is 2.94. The minimum atomic E-state index is -0.571. The van der Waals surface area contributed by atoms with Crippen molar-refractivity contribution in [3.05, 3.63) is 51.7 Å². The fraction of sp³-hybridized carbons (Fsp3) is 0.312. The highest BCUT2D eigenvalue weighted by atomic mass is 32.1. The number of benzene rings is 1. The van der Waals surface area contributed by atoms with Crippen LogP contribution in [0.5, 0.6) is 5.75 Å². The lowest BCUT2D eigenvalue weighted by Gasteiger charge is -2.11. The van der Waals surface area contributed by atoms with Crippen LogP contribution in [0.4, 0.5) is 0 Å². The Bertz CT molecular complexity index is 595. The number of thiophene rings is 1. The second-order valence-corrected chi connectivity index (χ2v) is 5.98. The smallest absolute Gasteiger partial charge is 0.265 e. The van der Waals surface area contributed by atoms with Crippen molar-refractivity contribution in [3.8, 4) is 5.75 Å². The van der Waals surface area contributed by atoms with Gasteiger partial charge in [0, 0.05) is 11.4 Å². The number of methoxy groups -OCH3 is 1. The minimum Gasteiger partial charge on any atom is -0.495 e. The quantitative estimate of drug-likeness (QED) is 0.862. The summed E-state index contributed by atoms with van der Waals surface area (Å²) in [5, 5.41) is 12.9. The molecule has 1 atom stereocenters. The molecule has 1 aromatic heterocycles. The Morgan fingerprint density at radius 2 is 2.10 bits per heavy atom. The second-order valence-electron chi connectivity index (χ2n) is 4.73. The predicted octanol–water partition coefficient (Wildman–Crippen LogP) is 2.92. The highest BCUT2D eigenvalue weighted by molar-refractivity contribution is 7.14. The number of hydrogen-bond donors (Lipinski definition) is 2. The van der Waals surface area contributed by atoms with Gasteiger partial charge < -0.3 is 15.2 Å². The third-order valence-corrected chi connectivity index (χ3v) is 4.17. The Kier molecular flexibility index (Phi) is 5.36. The van der Waals surface area contributed by atoms with Gasteiger partial charge in [-0.3, -0.25) is 4.79 Å². The van der Waals surface area contributed by atoms with Crippen molar-refractivity contribution in [2.45, 2.75) is 19.4 Å². The summed E-state index contributed by atoms with van der Waals surface area (Å²) in [6, 6.07) is 11.3. The normalized spacial score (nSPS) is 12.0. The number of rotatable bonds is 6. The summed E-state index contributed by atoms with van der Waals surface area (Å²) in [5.74, 6) is 0.434. The maximum atomic E-state index is 12.1. The first-order valence-electron chi connectivity index (χ1n) is 6.77. The number of aliphatic hydroxyl groups is 1. The van der Waals surface area contributed by atoms with Crippen LogP contribution in [0.25, 0.3) is 0 Å². The molecule has 2 N–H and O–H groups in total. The van der Waals surface area contributed by atoms with E-state index in [9.17, 15) is 9.90 Å². The van der Waals surface area contributed by atoms with Crippen LogP contribution in [-0.2, 0) is 0 Å². The molecule has 0 radical (unpaired) electrons. The largest absolute Gasteiger partial charge is 0.495 e. The third-order valence-electron chi connectivity index (χ3n) is 3.14. The molecule has 0 fully saturated rings. The first kappa shape index (κ1) is 15.5. The summed E-state index contributed by atoms with van der Waals surface area (Å²) >= 11 is 1.40. The fourth-order valence-electron chi connectivity index (χ4n) is 2.05. The van der Waals surface area contributed by atoms with E-state index in [0.29, 0.717) is 23.6 Å². The van der Waals surface area contributed by atoms with Crippen LogP contribution >= 0.6 is 11.3 Å². The van der Waals surface area contributed by atoms with Gasteiger partial charge in [-0.2, -0.15) is 0 Å². The van der Waals surface area contributed by atoms with Crippen molar-refractivity contribution in [1.82, 2.24) is 5.32 Å². The molecule has 1 heterocycles. The number of amides is 1. The first-order chi connectivity index (χ1) is 10.1. The van der Waals surface area contributed by atoms with E-state index in [1.165, 1.54) is 11.3 Å². The Hall–Kier alpha value is -1.85. The summed E-state index contributed by atoms with van der Waals surface area (Å²) in [6.45, 7) is 2.35. The van der Waals surface area contributed by atoms with E-state index in [1.807, 2.05) is 43.3 Å². The summed E-state index contributed by atoms with van der Waals surface area (Å²) in [6.07, 6.45) is -0.0962. The second kappa shape index (κ2) is 7.24. The molecular weight excluding hydrogens is 286 g/mol. The maximum absolute atomic E-state index is 12.1. The van der Waals surface area contributed by atoms with Gasteiger partial charge in [-0.1, -0.05) is 30.3 Å². The van der Waals surface area contributed by atoms with Gasteiger partial charge in [0.15, 0.2) is 0 Å². The van der Waals surface area contributed by atoms with Crippen molar-refractivity contribution >= 4 is 17.2 Å². The van der Waals surface area contributed by atoms with E-state index in [-0.39, 0.29) is 5.91 Å². The van der Waals surface area contributed by atoms with Crippen molar-refractivity contribution in [3.63, 3.8) is 0 Å². The van der Waals surface area contributed by atoms with Gasteiger partial charge in [0.2, 0.25) is 0 Å². The SMILES string of the molecule is COc1cc(C)sc1C(=O)NCCC(O)c1ccccc1. The Labute approximate surface area is 128 Å². The van der Waals surface area contributed by atoms with E-state index in [0.717, 1.165) is 10.4 Å². The van der Waals surface area contributed by atoms with E-state index in [2.05, 4.69) is 5.32 Å². The average Bonchev–Trinajstić information content (AvgIpc) is 2.89. The molecule has 2 aromatic rings. The highest BCUT2D eigenvalue weighted by Crippen LogP contribution is 2.28. The zero-order valence-corrected chi connectivity index (χ0v) is 12.9. The predicted molar refractivity (Wildman–Crippen MR) is 84.0 cm³/mol. The monoisotopic (exact) mass is 305 g/mol. The molecule has 21 heavy (non-hydrogen) atoms. The van der Waals surface area contributed by atoms with Gasteiger partial charge in [0.25, 0.3) is 5.91 Å². The zero-order chi connectivity index (χ0) is 15.2. The maximum Gasteiger partial charge on any atom is 0.265 e. The molecular formula is C16H19NO3S. The van der Waals surface area contributed by atoms with Crippen LogP contribution in [0.1, 0.15) is 32.6 Å². The average molecular weight is 305 g/mol. The number of carbonyl (C=O) groups excluding carboxylic acids is 1. The van der Waals surface area contributed by atoms with Crippen molar-refractivity contribution < 1.29 is 14.6 Å². The van der Waals surface area contributed by atoms with Crippen LogP contribution in [0.15, 0.2) is 36.4 Å². The molecule has 4 nitrogen and oxygen atoms in total. The molecule has 2 rings (SSSR count). The number of nitrogens with one attached hydrogen (secondary N) is 1. The number of hydrogen-bond acceptors (Lipinski definition) is 4. The lowest BCUT2D eigenvalue weighted by molar-refractivity contribution is 0.0944. The number of aryl methyl sites for hydroxylation is 1. The number of aliphatic hydroxyl groups excluding tert-OH is 1. The summed E-state index contributed by atoms with van der Waals surface area (Å²) in [4.78, 5) is 13.7. The van der Waals surface area contributed by atoms with Gasteiger partial charge in [0.05, 0.1) is 13.2 Å². The van der Waals surface area contributed by atoms with Gasteiger partial charge >= 0.3 is 0 Å². The Morgan fingerprint density at radius 1 is 1.38 bits per heavy atom. The lowest BCUT2D eigenvalue weighted by atomic mass is 10.1. The summed E-state index contributed by atoms with van der Waals surface area (Å²) in [7, 11) is 1.55. The number of carbonyl (C=O) groups is 1. The molecule has 0 saturated carbocycles. The van der Waals surface area contributed by atoms with Crippen molar-refractivity contribution in [1.29, 1.82) is 0 Å². The molecule has 1 unspecified atom stereocenters. The zero-order valence-electron chi connectivity index (χ0n) is 12.1. The van der Waals surface area contributed by atoms with E-state index < -0.39 is 6.10 Å². The first-order valence-corrected chi connectivity index (χ1v) is 7.59. The third kappa shape index (κ3) is 4.06. The molecule has 0 spiro atoms. The van der Waals surface area contributed by atoms with Gasteiger partial charge in [0.1, 0.15) is 10.6 Å². The van der Waals surface area contributed by atoms with Gasteiger partial charge in [-0.05, 0) is 25.0 Å². The topological polar surface area (TPSA) is 58.6 Å². The van der Waals surface area contributed by atoms with Crippen LogP contribution in [0.3, 0.4) is 0 Å². The van der Waals surface area contributed by atoms with E-state index in [1.54, 1.807) is 7.11 Å². The van der Waals surface area contributed by atoms with Crippen LogP contribution < -0.4 is 10.1 Å². The van der Waals surface area contributed by atoms with Crippen molar-refractivity contribution in [2.24, 2.45) is 0 Å². The summed E-state index contributed by atoms with van der Waals surface area (Å²) < 4.78 is 5.18. The van der Waals surface area contributed by atoms with Gasteiger partial charge in [-0.15, -0.1) is 11.3 Å². The summed E-state index contributed by atoms with van der Waals surface area (Å²) in [5.41, 5.74) is 0.858. The van der Waals surface area contributed by atoms with Crippen LogP contribution in [0, 0.1) is 6.92 Å². The molecule has 0 saturated heterocycles.